The van der Waals surface area contributed by atoms with Crippen LogP contribution in [0.3, 0.4) is 0 Å². The molecule has 0 spiro atoms. The smallest absolute Gasteiger partial charge is 0.294 e. The molecule has 0 radical (unpaired) electrons. The Kier molecular flexibility index (Phi) is 4.98. The van der Waals surface area contributed by atoms with Crippen molar-refractivity contribution in [2.24, 2.45) is 5.92 Å². The number of fused-ring (bicyclic) bond motifs is 1. The molecule has 2 fully saturated rings. The normalized spacial score (nSPS) is 18.2. The quantitative estimate of drug-likeness (QED) is 0.686. The van der Waals surface area contributed by atoms with Gasteiger partial charge in [-0.3, -0.25) is 14.7 Å². The van der Waals surface area contributed by atoms with Crippen LogP contribution in [0.4, 0.5) is 5.69 Å². The molecule has 0 bridgehead atoms. The van der Waals surface area contributed by atoms with Gasteiger partial charge in [0.15, 0.2) is 0 Å². The fourth-order valence-corrected chi connectivity index (χ4v) is 4.62. The van der Waals surface area contributed by atoms with Gasteiger partial charge < -0.3 is 14.7 Å². The predicted octanol–water partition coefficient (Wildman–Crippen LogP) is 3.70. The van der Waals surface area contributed by atoms with E-state index in [9.17, 15) is 9.59 Å². The first-order valence-electron chi connectivity index (χ1n) is 10.7. The summed E-state index contributed by atoms with van der Waals surface area (Å²) in [5, 5.41) is 14.8. The molecule has 8 nitrogen and oxygen atoms in total. The van der Waals surface area contributed by atoms with Crippen LogP contribution in [0.15, 0.2) is 35.0 Å². The van der Waals surface area contributed by atoms with Crippen LogP contribution < -0.4 is 5.32 Å². The van der Waals surface area contributed by atoms with E-state index < -0.39 is 0 Å². The van der Waals surface area contributed by atoms with E-state index in [1.807, 2.05) is 23.1 Å². The first kappa shape index (κ1) is 18.8. The molecule has 2 amide bonds. The first-order chi connectivity index (χ1) is 14.7. The van der Waals surface area contributed by atoms with Crippen LogP contribution in [0.2, 0.25) is 0 Å². The lowest BCUT2D eigenvalue weighted by Gasteiger charge is -2.32. The summed E-state index contributed by atoms with van der Waals surface area (Å²) >= 11 is 0. The van der Waals surface area contributed by atoms with E-state index in [0.717, 1.165) is 55.4 Å². The van der Waals surface area contributed by atoms with Gasteiger partial charge in [0.1, 0.15) is 0 Å². The van der Waals surface area contributed by atoms with E-state index in [1.165, 1.54) is 12.8 Å². The third-order valence-electron chi connectivity index (χ3n) is 6.38. The second kappa shape index (κ2) is 7.93. The van der Waals surface area contributed by atoms with Crippen molar-refractivity contribution in [3.05, 3.63) is 41.9 Å². The van der Waals surface area contributed by atoms with Gasteiger partial charge in [-0.15, -0.1) is 0 Å². The number of aromatic amines is 1. The first-order valence-corrected chi connectivity index (χ1v) is 10.7. The summed E-state index contributed by atoms with van der Waals surface area (Å²) in [5.41, 5.74) is 2.30. The molecule has 1 aromatic carbocycles. The Morgan fingerprint density at radius 3 is 2.70 bits per heavy atom. The van der Waals surface area contributed by atoms with Gasteiger partial charge in [-0.1, -0.05) is 18.0 Å². The van der Waals surface area contributed by atoms with Crippen LogP contribution >= 0.6 is 0 Å². The maximum atomic E-state index is 12.6. The molecule has 3 aromatic rings. The maximum Gasteiger partial charge on any atom is 0.294 e. The molecule has 30 heavy (non-hydrogen) atoms. The molecule has 0 unspecified atom stereocenters. The lowest BCUT2D eigenvalue weighted by molar-refractivity contribution is -0.136. The van der Waals surface area contributed by atoms with Crippen molar-refractivity contribution in [2.75, 3.05) is 18.4 Å². The molecule has 1 aliphatic heterocycles. The van der Waals surface area contributed by atoms with Gasteiger partial charge in [0.05, 0.1) is 17.4 Å². The highest BCUT2D eigenvalue weighted by Crippen LogP contribution is 2.31. The number of anilines is 1. The fraction of sp³-hybridized carbons (Fsp3) is 0.455. The van der Waals surface area contributed by atoms with Gasteiger partial charge in [-0.2, -0.15) is 5.10 Å². The van der Waals surface area contributed by atoms with Gasteiger partial charge in [0.2, 0.25) is 11.7 Å². The Labute approximate surface area is 174 Å². The average molecular weight is 407 g/mol. The minimum Gasteiger partial charge on any atom is -0.351 e. The summed E-state index contributed by atoms with van der Waals surface area (Å²) < 4.78 is 5.32. The molecule has 1 aliphatic carbocycles. The molecule has 2 N–H and O–H groups in total. The monoisotopic (exact) mass is 407 g/mol. The van der Waals surface area contributed by atoms with Crippen LogP contribution in [-0.4, -0.2) is 45.2 Å². The number of hydrogen-bond donors (Lipinski definition) is 2. The molecular weight excluding hydrogens is 382 g/mol. The van der Waals surface area contributed by atoms with Crippen LogP contribution in [0.25, 0.3) is 10.9 Å². The van der Waals surface area contributed by atoms with Crippen molar-refractivity contribution in [3.63, 3.8) is 0 Å². The van der Waals surface area contributed by atoms with Crippen LogP contribution in [-0.2, 0) is 4.79 Å². The van der Waals surface area contributed by atoms with E-state index in [4.69, 9.17) is 4.52 Å². The number of rotatable bonds is 4. The topological polar surface area (TPSA) is 104 Å². The number of carbonyl (C=O) groups is 2. The van der Waals surface area contributed by atoms with Crippen molar-refractivity contribution in [3.8, 4) is 0 Å². The zero-order chi connectivity index (χ0) is 20.5. The number of hydrogen-bond acceptors (Lipinski definition) is 5. The number of amides is 2. The number of carbonyl (C=O) groups excluding carboxylic acids is 2. The number of nitrogens with zero attached hydrogens (tertiary/aromatic N) is 3. The van der Waals surface area contributed by atoms with Gasteiger partial charge in [0, 0.05) is 42.1 Å². The number of aromatic nitrogens is 3. The second-order valence-electron chi connectivity index (χ2n) is 8.32. The Balaban J connectivity index is 1.19. The number of H-pyrrole nitrogens is 1. The predicted molar refractivity (Wildman–Crippen MR) is 111 cm³/mol. The van der Waals surface area contributed by atoms with Crippen molar-refractivity contribution < 1.29 is 14.1 Å². The van der Waals surface area contributed by atoms with E-state index in [-0.39, 0.29) is 23.5 Å². The largest absolute Gasteiger partial charge is 0.351 e. The summed E-state index contributed by atoms with van der Waals surface area (Å²) in [6.45, 7) is 1.50. The minimum absolute atomic E-state index is 0.194. The zero-order valence-electron chi connectivity index (χ0n) is 16.8. The van der Waals surface area contributed by atoms with Gasteiger partial charge in [-0.05, 0) is 43.9 Å². The summed E-state index contributed by atoms with van der Waals surface area (Å²) in [4.78, 5) is 27.2. The molecule has 3 heterocycles. The van der Waals surface area contributed by atoms with Crippen LogP contribution in [0.5, 0.6) is 0 Å². The van der Waals surface area contributed by atoms with E-state index in [0.29, 0.717) is 11.6 Å². The third-order valence-corrected chi connectivity index (χ3v) is 6.38. The van der Waals surface area contributed by atoms with E-state index in [1.54, 1.807) is 12.3 Å². The minimum atomic E-state index is -0.332. The molecule has 0 atom stereocenters. The number of nitrogens with one attached hydrogen (secondary N) is 2. The highest BCUT2D eigenvalue weighted by molar-refractivity contribution is 6.03. The zero-order valence-corrected chi connectivity index (χ0v) is 16.8. The lowest BCUT2D eigenvalue weighted by Crippen LogP contribution is -2.40. The molecule has 1 saturated heterocycles. The highest BCUT2D eigenvalue weighted by atomic mass is 16.5. The van der Waals surface area contributed by atoms with Crippen LogP contribution in [0.1, 0.15) is 60.7 Å². The van der Waals surface area contributed by atoms with Crippen LogP contribution in [0, 0.1) is 5.92 Å². The van der Waals surface area contributed by atoms with Crippen molar-refractivity contribution in [2.45, 2.75) is 44.4 Å². The average Bonchev–Trinajstić information content (AvgIpc) is 3.54. The highest BCUT2D eigenvalue weighted by Gasteiger charge is 2.31. The number of piperidine rings is 1. The molecule has 8 heteroatoms. The van der Waals surface area contributed by atoms with Crippen molar-refractivity contribution in [1.29, 1.82) is 0 Å². The SMILES string of the molecule is O=C(Nc1ccc2cn[nH]c2c1)c1cc(C2CCN(C(=O)C3CCCC3)CC2)no1. The molecular formula is C22H25N5O3. The maximum absolute atomic E-state index is 12.6. The standard InChI is InChI=1S/C22H25N5O3/c28-21(24-17-6-5-16-13-23-25-18(16)11-17)20-12-19(26-30-20)14-7-9-27(10-8-14)22(29)15-3-1-2-4-15/h5-6,11-15H,1-4,7-10H2,(H,23,25)(H,24,28). The summed E-state index contributed by atoms with van der Waals surface area (Å²) in [7, 11) is 0. The van der Waals surface area contributed by atoms with Crippen molar-refractivity contribution >= 4 is 28.4 Å². The second-order valence-corrected chi connectivity index (χ2v) is 8.32. The van der Waals surface area contributed by atoms with Gasteiger partial charge in [-0.25, -0.2) is 0 Å². The van der Waals surface area contributed by atoms with E-state index >= 15 is 0 Å². The fourth-order valence-electron chi connectivity index (χ4n) is 4.62. The number of likely N-dealkylation sites (tertiary alicyclic amines) is 1. The molecule has 1 saturated carbocycles. The number of benzene rings is 1. The Bertz CT molecular complexity index is 1060. The Hall–Kier alpha value is -3.16. The summed E-state index contributed by atoms with van der Waals surface area (Å²) in [6.07, 6.45) is 7.85. The van der Waals surface area contributed by atoms with Gasteiger partial charge in [0.25, 0.3) is 5.91 Å². The third kappa shape index (κ3) is 3.69. The van der Waals surface area contributed by atoms with E-state index in [2.05, 4.69) is 20.7 Å². The van der Waals surface area contributed by atoms with Gasteiger partial charge >= 0.3 is 0 Å². The lowest BCUT2D eigenvalue weighted by atomic mass is 9.92. The Morgan fingerprint density at radius 1 is 1.10 bits per heavy atom. The molecule has 2 aromatic heterocycles. The summed E-state index contributed by atoms with van der Waals surface area (Å²) in [6, 6.07) is 7.27. The summed E-state index contributed by atoms with van der Waals surface area (Å²) in [5.74, 6) is 0.621. The Morgan fingerprint density at radius 2 is 1.90 bits per heavy atom. The molecule has 156 valence electrons. The molecule has 2 aliphatic rings. The van der Waals surface area contributed by atoms with Crippen molar-refractivity contribution in [1.82, 2.24) is 20.3 Å². The molecule has 5 rings (SSSR count).